The van der Waals surface area contributed by atoms with Crippen LogP contribution in [0.15, 0.2) is 53.7 Å². The maximum absolute atomic E-state index is 11.9. The molecule has 142 valence electrons. The first kappa shape index (κ1) is 18.9. The van der Waals surface area contributed by atoms with Crippen molar-refractivity contribution >= 4 is 11.9 Å². The number of nitrogens with zero attached hydrogens (tertiary/aromatic N) is 3. The third-order valence-electron chi connectivity index (χ3n) is 4.97. The van der Waals surface area contributed by atoms with Crippen LogP contribution >= 0.6 is 0 Å². The highest BCUT2D eigenvalue weighted by Crippen LogP contribution is 2.24. The average Bonchev–Trinajstić information content (AvgIpc) is 3.10. The molecule has 2 heterocycles. The Morgan fingerprint density at radius 3 is 2.85 bits per heavy atom. The number of aromatic nitrogens is 1. The van der Waals surface area contributed by atoms with Crippen molar-refractivity contribution in [2.45, 2.75) is 13.5 Å². The molecule has 1 aliphatic heterocycles. The lowest BCUT2D eigenvalue weighted by Crippen LogP contribution is -2.40. The second-order valence-electron chi connectivity index (χ2n) is 6.83. The van der Waals surface area contributed by atoms with E-state index < -0.39 is 0 Å². The van der Waals surface area contributed by atoms with Crippen LogP contribution in [-0.4, -0.2) is 49.1 Å². The quantitative estimate of drug-likeness (QED) is 0.512. The Bertz CT molecular complexity index is 807. The zero-order valence-electron chi connectivity index (χ0n) is 16.1. The van der Waals surface area contributed by atoms with Crippen molar-refractivity contribution in [3.63, 3.8) is 0 Å². The van der Waals surface area contributed by atoms with Gasteiger partial charge in [0.05, 0.1) is 18.7 Å². The number of likely N-dealkylation sites (tertiary alicyclic amines) is 1. The lowest BCUT2D eigenvalue weighted by atomic mass is 9.99. The molecule has 6 heteroatoms. The molecule has 0 saturated carbocycles. The Hall–Kier alpha value is -2.89. The SMILES string of the molecule is CN=C(NCc1cccc(-c2ccccn2)c1)N1CC(C)C(C(=O)OC)C1. The van der Waals surface area contributed by atoms with Gasteiger partial charge in [-0.25, -0.2) is 0 Å². The van der Waals surface area contributed by atoms with E-state index in [1.807, 2.05) is 24.3 Å². The number of esters is 1. The van der Waals surface area contributed by atoms with Crippen molar-refractivity contribution in [3.05, 3.63) is 54.2 Å². The summed E-state index contributed by atoms with van der Waals surface area (Å²) in [5.74, 6) is 0.782. The molecule has 0 spiro atoms. The van der Waals surface area contributed by atoms with Gasteiger partial charge in [-0.1, -0.05) is 31.2 Å². The molecule has 1 saturated heterocycles. The summed E-state index contributed by atoms with van der Waals surface area (Å²) in [6, 6.07) is 14.2. The molecule has 6 nitrogen and oxygen atoms in total. The fraction of sp³-hybridized carbons (Fsp3) is 0.381. The smallest absolute Gasteiger partial charge is 0.310 e. The number of carbonyl (C=O) groups is 1. The van der Waals surface area contributed by atoms with Crippen LogP contribution in [0.4, 0.5) is 0 Å². The topological polar surface area (TPSA) is 66.8 Å². The van der Waals surface area contributed by atoms with Crippen LogP contribution in [0.3, 0.4) is 0 Å². The molecule has 1 aromatic carbocycles. The van der Waals surface area contributed by atoms with Gasteiger partial charge in [-0.15, -0.1) is 0 Å². The average molecular weight is 366 g/mol. The van der Waals surface area contributed by atoms with Gasteiger partial charge < -0.3 is 15.0 Å². The van der Waals surface area contributed by atoms with Crippen molar-refractivity contribution in [2.75, 3.05) is 27.2 Å². The zero-order chi connectivity index (χ0) is 19.2. The summed E-state index contributed by atoms with van der Waals surface area (Å²) in [4.78, 5) is 22.8. The van der Waals surface area contributed by atoms with E-state index in [2.05, 4.69) is 45.3 Å². The lowest BCUT2D eigenvalue weighted by molar-refractivity contribution is -0.145. The second kappa shape index (κ2) is 8.66. The van der Waals surface area contributed by atoms with E-state index in [1.165, 1.54) is 7.11 Å². The maximum atomic E-state index is 11.9. The maximum Gasteiger partial charge on any atom is 0.310 e. The number of carbonyl (C=O) groups excluding carboxylic acids is 1. The molecule has 3 rings (SSSR count). The fourth-order valence-corrected chi connectivity index (χ4v) is 3.49. The van der Waals surface area contributed by atoms with E-state index in [0.29, 0.717) is 13.1 Å². The van der Waals surface area contributed by atoms with Crippen LogP contribution < -0.4 is 5.32 Å². The molecule has 2 aromatic rings. The third-order valence-corrected chi connectivity index (χ3v) is 4.97. The van der Waals surface area contributed by atoms with Gasteiger partial charge in [-0.3, -0.25) is 14.8 Å². The van der Waals surface area contributed by atoms with Crippen LogP contribution in [0.5, 0.6) is 0 Å². The van der Waals surface area contributed by atoms with Crippen molar-refractivity contribution in [2.24, 2.45) is 16.8 Å². The van der Waals surface area contributed by atoms with Crippen LogP contribution in [0, 0.1) is 11.8 Å². The standard InChI is InChI=1S/C21H26N4O2/c1-15-13-25(14-18(15)20(26)27-3)21(22-2)24-12-16-7-6-8-17(11-16)19-9-4-5-10-23-19/h4-11,15,18H,12-14H2,1-3H3,(H,22,24). The van der Waals surface area contributed by atoms with Gasteiger partial charge in [-0.2, -0.15) is 0 Å². The second-order valence-corrected chi connectivity index (χ2v) is 6.83. The fourth-order valence-electron chi connectivity index (χ4n) is 3.49. The minimum absolute atomic E-state index is 0.110. The zero-order valence-corrected chi connectivity index (χ0v) is 16.1. The molecular weight excluding hydrogens is 340 g/mol. The van der Waals surface area contributed by atoms with Crippen LogP contribution in [0.25, 0.3) is 11.3 Å². The first-order valence-corrected chi connectivity index (χ1v) is 9.16. The number of pyridine rings is 1. The summed E-state index contributed by atoms with van der Waals surface area (Å²) in [5.41, 5.74) is 3.19. The molecule has 27 heavy (non-hydrogen) atoms. The number of guanidine groups is 1. The largest absolute Gasteiger partial charge is 0.469 e. The molecule has 1 aromatic heterocycles. The Kier molecular flexibility index (Phi) is 6.06. The first-order valence-electron chi connectivity index (χ1n) is 9.16. The van der Waals surface area contributed by atoms with Gasteiger partial charge >= 0.3 is 5.97 Å². The van der Waals surface area contributed by atoms with Gasteiger partial charge in [0.25, 0.3) is 0 Å². The van der Waals surface area contributed by atoms with E-state index in [9.17, 15) is 4.79 Å². The van der Waals surface area contributed by atoms with Crippen LogP contribution in [0.2, 0.25) is 0 Å². The number of benzene rings is 1. The Balaban J connectivity index is 1.65. The predicted molar refractivity (Wildman–Crippen MR) is 106 cm³/mol. The summed E-state index contributed by atoms with van der Waals surface area (Å²) in [5, 5.41) is 3.41. The van der Waals surface area contributed by atoms with Gasteiger partial charge in [0.2, 0.25) is 0 Å². The van der Waals surface area contributed by atoms with E-state index >= 15 is 0 Å². The summed E-state index contributed by atoms with van der Waals surface area (Å²) < 4.78 is 4.92. The normalized spacial score (nSPS) is 19.8. The highest BCUT2D eigenvalue weighted by atomic mass is 16.5. The summed E-state index contributed by atoms with van der Waals surface area (Å²) in [6.07, 6.45) is 1.80. The molecule has 1 fully saturated rings. The minimum atomic E-state index is -0.150. The summed E-state index contributed by atoms with van der Waals surface area (Å²) in [6.45, 7) is 4.14. The third kappa shape index (κ3) is 4.45. The number of rotatable bonds is 4. The number of nitrogens with one attached hydrogen (secondary N) is 1. The first-order chi connectivity index (χ1) is 13.1. The van der Waals surface area contributed by atoms with E-state index in [-0.39, 0.29) is 17.8 Å². The number of ether oxygens (including phenoxy) is 1. The summed E-state index contributed by atoms with van der Waals surface area (Å²) in [7, 11) is 3.21. The number of aliphatic imine (C=N–C) groups is 1. The Morgan fingerprint density at radius 1 is 1.30 bits per heavy atom. The van der Waals surface area contributed by atoms with Crippen LogP contribution in [0.1, 0.15) is 12.5 Å². The summed E-state index contributed by atoms with van der Waals surface area (Å²) >= 11 is 0. The van der Waals surface area contributed by atoms with E-state index in [4.69, 9.17) is 4.74 Å². The predicted octanol–water partition coefficient (Wildman–Crippen LogP) is 2.56. The Labute approximate surface area is 160 Å². The van der Waals surface area contributed by atoms with Crippen molar-refractivity contribution in [1.29, 1.82) is 0 Å². The van der Waals surface area contributed by atoms with Crippen molar-refractivity contribution in [1.82, 2.24) is 15.2 Å². The molecule has 0 amide bonds. The number of hydrogen-bond acceptors (Lipinski definition) is 4. The highest BCUT2D eigenvalue weighted by Gasteiger charge is 2.36. The molecular formula is C21H26N4O2. The van der Waals surface area contributed by atoms with Gasteiger partial charge in [0, 0.05) is 38.4 Å². The van der Waals surface area contributed by atoms with Crippen molar-refractivity contribution in [3.8, 4) is 11.3 Å². The molecule has 2 unspecified atom stereocenters. The molecule has 0 bridgehead atoms. The number of hydrogen-bond donors (Lipinski definition) is 1. The highest BCUT2D eigenvalue weighted by molar-refractivity contribution is 5.82. The van der Waals surface area contributed by atoms with Gasteiger partial charge in [0.1, 0.15) is 0 Å². The molecule has 0 radical (unpaired) electrons. The monoisotopic (exact) mass is 366 g/mol. The number of methoxy groups -OCH3 is 1. The van der Waals surface area contributed by atoms with Gasteiger partial charge in [-0.05, 0) is 29.7 Å². The van der Waals surface area contributed by atoms with Gasteiger partial charge in [0.15, 0.2) is 5.96 Å². The molecule has 2 atom stereocenters. The molecule has 0 aliphatic carbocycles. The van der Waals surface area contributed by atoms with E-state index in [1.54, 1.807) is 13.2 Å². The van der Waals surface area contributed by atoms with Crippen molar-refractivity contribution < 1.29 is 9.53 Å². The lowest BCUT2D eigenvalue weighted by Gasteiger charge is -2.21. The Morgan fingerprint density at radius 2 is 2.15 bits per heavy atom. The van der Waals surface area contributed by atoms with E-state index in [0.717, 1.165) is 29.3 Å². The molecule has 1 N–H and O–H groups in total. The van der Waals surface area contributed by atoms with Crippen LogP contribution in [-0.2, 0) is 16.1 Å². The molecule has 1 aliphatic rings. The minimum Gasteiger partial charge on any atom is -0.469 e.